The maximum atomic E-state index is 5.99. The van der Waals surface area contributed by atoms with Crippen LogP contribution in [0.25, 0.3) is 0 Å². The number of fused-ring (bicyclic) bond motifs is 1. The third kappa shape index (κ3) is 4.84. The van der Waals surface area contributed by atoms with Crippen molar-refractivity contribution in [2.45, 2.75) is 25.5 Å². The Hall–Kier alpha value is -2.89. The number of nitrogens with zero attached hydrogens (tertiary/aromatic N) is 1. The van der Waals surface area contributed by atoms with Crippen LogP contribution in [0.3, 0.4) is 0 Å². The number of hydrogen-bond acceptors (Lipinski definition) is 4. The highest BCUT2D eigenvalue weighted by molar-refractivity contribution is 5.80. The summed E-state index contributed by atoms with van der Waals surface area (Å²) in [7, 11) is 3.41. The molecule has 0 bridgehead atoms. The minimum absolute atomic E-state index is 0.0539. The zero-order valence-corrected chi connectivity index (χ0v) is 16.1. The number of methoxy groups -OCH3 is 1. The number of aliphatic imine (C=N–C) groups is 1. The van der Waals surface area contributed by atoms with Gasteiger partial charge in [-0.15, -0.1) is 0 Å². The smallest absolute Gasteiger partial charge is 0.191 e. The SMILES string of the molecule is CN=C(NCC(C)Oc1ccccc1OC)NC1CCOc2ccccc21. The summed E-state index contributed by atoms with van der Waals surface area (Å²) in [5.41, 5.74) is 1.16. The van der Waals surface area contributed by atoms with Crippen LogP contribution >= 0.6 is 0 Å². The van der Waals surface area contributed by atoms with E-state index < -0.39 is 0 Å². The van der Waals surface area contributed by atoms with Crippen molar-refractivity contribution in [3.05, 3.63) is 54.1 Å². The van der Waals surface area contributed by atoms with E-state index in [1.165, 1.54) is 0 Å². The molecule has 144 valence electrons. The third-order valence-corrected chi connectivity index (χ3v) is 4.45. The van der Waals surface area contributed by atoms with Crippen LogP contribution in [-0.4, -0.2) is 39.4 Å². The predicted octanol–water partition coefficient (Wildman–Crippen LogP) is 3.15. The molecule has 0 spiro atoms. The topological polar surface area (TPSA) is 64.1 Å². The second-order valence-corrected chi connectivity index (χ2v) is 6.40. The zero-order chi connectivity index (χ0) is 19.1. The number of para-hydroxylation sites is 3. The Balaban J connectivity index is 1.55. The fourth-order valence-electron chi connectivity index (χ4n) is 3.07. The van der Waals surface area contributed by atoms with E-state index in [0.717, 1.165) is 35.2 Å². The number of guanidine groups is 1. The average molecular weight is 369 g/mol. The summed E-state index contributed by atoms with van der Waals surface area (Å²) in [6.45, 7) is 3.32. The molecular formula is C21H27N3O3. The molecule has 6 heteroatoms. The summed E-state index contributed by atoms with van der Waals surface area (Å²) in [5.74, 6) is 3.14. The molecule has 0 fully saturated rings. The number of hydrogen-bond donors (Lipinski definition) is 2. The zero-order valence-electron chi connectivity index (χ0n) is 16.1. The Morgan fingerprint density at radius 3 is 2.70 bits per heavy atom. The maximum Gasteiger partial charge on any atom is 0.191 e. The molecular weight excluding hydrogens is 342 g/mol. The van der Waals surface area contributed by atoms with Crippen molar-refractivity contribution in [2.24, 2.45) is 4.99 Å². The highest BCUT2D eigenvalue weighted by Crippen LogP contribution is 2.31. The van der Waals surface area contributed by atoms with E-state index in [4.69, 9.17) is 14.2 Å². The molecule has 1 heterocycles. The summed E-state index contributed by atoms with van der Waals surface area (Å²) < 4.78 is 17.0. The lowest BCUT2D eigenvalue weighted by Gasteiger charge is -2.28. The van der Waals surface area contributed by atoms with E-state index in [1.54, 1.807) is 14.2 Å². The lowest BCUT2D eigenvalue weighted by atomic mass is 10.0. The van der Waals surface area contributed by atoms with Gasteiger partial charge in [-0.25, -0.2) is 0 Å². The van der Waals surface area contributed by atoms with Crippen LogP contribution in [0.15, 0.2) is 53.5 Å². The van der Waals surface area contributed by atoms with Crippen LogP contribution in [0.5, 0.6) is 17.2 Å². The first kappa shape index (κ1) is 18.9. The molecule has 1 aliphatic heterocycles. The van der Waals surface area contributed by atoms with Gasteiger partial charge in [0.15, 0.2) is 17.5 Å². The van der Waals surface area contributed by atoms with E-state index in [2.05, 4.69) is 21.7 Å². The Labute approximate surface area is 160 Å². The Morgan fingerprint density at radius 2 is 1.93 bits per heavy atom. The third-order valence-electron chi connectivity index (χ3n) is 4.45. The summed E-state index contributed by atoms with van der Waals surface area (Å²) in [6, 6.07) is 15.9. The van der Waals surface area contributed by atoms with E-state index in [-0.39, 0.29) is 12.1 Å². The van der Waals surface area contributed by atoms with Crippen LogP contribution in [0, 0.1) is 0 Å². The quantitative estimate of drug-likeness (QED) is 0.605. The van der Waals surface area contributed by atoms with Crippen LogP contribution in [0.4, 0.5) is 0 Å². The Morgan fingerprint density at radius 1 is 1.19 bits per heavy atom. The largest absolute Gasteiger partial charge is 0.493 e. The molecule has 2 atom stereocenters. The van der Waals surface area contributed by atoms with Gasteiger partial charge >= 0.3 is 0 Å². The summed E-state index contributed by atoms with van der Waals surface area (Å²) >= 11 is 0. The van der Waals surface area contributed by atoms with Crippen LogP contribution in [0.1, 0.15) is 24.9 Å². The minimum atomic E-state index is -0.0539. The van der Waals surface area contributed by atoms with Gasteiger partial charge < -0.3 is 24.8 Å². The first-order valence-corrected chi connectivity index (χ1v) is 9.20. The van der Waals surface area contributed by atoms with Gasteiger partial charge in [-0.2, -0.15) is 0 Å². The molecule has 0 aliphatic carbocycles. The van der Waals surface area contributed by atoms with Crippen molar-refractivity contribution in [1.82, 2.24) is 10.6 Å². The Kier molecular flexibility index (Phi) is 6.41. The van der Waals surface area contributed by atoms with E-state index in [9.17, 15) is 0 Å². The highest BCUT2D eigenvalue weighted by atomic mass is 16.5. The summed E-state index contributed by atoms with van der Waals surface area (Å²) in [4.78, 5) is 4.34. The lowest BCUT2D eigenvalue weighted by molar-refractivity contribution is 0.213. The molecule has 6 nitrogen and oxygen atoms in total. The van der Waals surface area contributed by atoms with Gasteiger partial charge in [-0.1, -0.05) is 30.3 Å². The van der Waals surface area contributed by atoms with Crippen molar-refractivity contribution < 1.29 is 14.2 Å². The lowest BCUT2D eigenvalue weighted by Crippen LogP contribution is -2.44. The van der Waals surface area contributed by atoms with Gasteiger partial charge in [-0.3, -0.25) is 4.99 Å². The summed E-state index contributed by atoms with van der Waals surface area (Å²) in [6.07, 6.45) is 0.840. The van der Waals surface area contributed by atoms with Crippen molar-refractivity contribution in [2.75, 3.05) is 27.3 Å². The highest BCUT2D eigenvalue weighted by Gasteiger charge is 2.22. The van der Waals surface area contributed by atoms with Gasteiger partial charge in [0.25, 0.3) is 0 Å². The second-order valence-electron chi connectivity index (χ2n) is 6.40. The Bertz CT molecular complexity index is 779. The molecule has 27 heavy (non-hydrogen) atoms. The molecule has 2 N–H and O–H groups in total. The molecule has 0 saturated carbocycles. The fraction of sp³-hybridized carbons (Fsp3) is 0.381. The second kappa shape index (κ2) is 9.16. The van der Waals surface area contributed by atoms with E-state index in [0.29, 0.717) is 13.2 Å². The van der Waals surface area contributed by atoms with Crippen molar-refractivity contribution in [1.29, 1.82) is 0 Å². The normalized spacial score (nSPS) is 17.3. The number of ether oxygens (including phenoxy) is 3. The minimum Gasteiger partial charge on any atom is -0.493 e. The summed E-state index contributed by atoms with van der Waals surface area (Å²) in [5, 5.41) is 6.82. The molecule has 0 aromatic heterocycles. The molecule has 3 rings (SSSR count). The van der Waals surface area contributed by atoms with E-state index in [1.807, 2.05) is 49.4 Å². The first-order chi connectivity index (χ1) is 13.2. The predicted molar refractivity (Wildman–Crippen MR) is 107 cm³/mol. The molecule has 0 saturated heterocycles. The van der Waals surface area contributed by atoms with Gasteiger partial charge in [0, 0.05) is 19.0 Å². The molecule has 0 radical (unpaired) electrons. The number of rotatable bonds is 6. The maximum absolute atomic E-state index is 5.99. The van der Waals surface area contributed by atoms with Crippen LogP contribution < -0.4 is 24.8 Å². The number of nitrogens with one attached hydrogen (secondary N) is 2. The average Bonchev–Trinajstić information content (AvgIpc) is 2.71. The fourth-order valence-corrected chi connectivity index (χ4v) is 3.07. The van der Waals surface area contributed by atoms with Gasteiger partial charge in [0.05, 0.1) is 26.3 Å². The monoisotopic (exact) mass is 369 g/mol. The van der Waals surface area contributed by atoms with E-state index >= 15 is 0 Å². The standard InChI is InChI=1S/C21H27N3O3/c1-15(27-20-11-7-6-10-19(20)25-3)14-23-21(22-2)24-17-12-13-26-18-9-5-4-8-16(17)18/h4-11,15,17H,12-14H2,1-3H3,(H2,22,23,24). The molecule has 1 aliphatic rings. The van der Waals surface area contributed by atoms with Gasteiger partial charge in [-0.05, 0) is 25.1 Å². The van der Waals surface area contributed by atoms with Gasteiger partial charge in [0.2, 0.25) is 0 Å². The van der Waals surface area contributed by atoms with Crippen LogP contribution in [0.2, 0.25) is 0 Å². The molecule has 2 aromatic rings. The molecule has 0 amide bonds. The van der Waals surface area contributed by atoms with Crippen molar-refractivity contribution in [3.63, 3.8) is 0 Å². The van der Waals surface area contributed by atoms with Crippen molar-refractivity contribution >= 4 is 5.96 Å². The molecule has 2 unspecified atom stereocenters. The molecule has 2 aromatic carbocycles. The first-order valence-electron chi connectivity index (χ1n) is 9.20. The van der Waals surface area contributed by atoms with Crippen molar-refractivity contribution in [3.8, 4) is 17.2 Å². The van der Waals surface area contributed by atoms with Gasteiger partial charge in [0.1, 0.15) is 11.9 Å². The number of benzene rings is 2. The van der Waals surface area contributed by atoms with Crippen LogP contribution in [-0.2, 0) is 0 Å².